The molecule has 1 aromatic carbocycles. The molecule has 208 valence electrons. The fourth-order valence-electron chi connectivity index (χ4n) is 5.56. The van der Waals surface area contributed by atoms with Gasteiger partial charge in [0, 0.05) is 12.5 Å². The molecule has 3 unspecified atom stereocenters. The highest BCUT2D eigenvalue weighted by molar-refractivity contribution is 5.72. The number of rotatable bonds is 13. The molecule has 0 amide bonds. The molecular formula is C33H58O3. The van der Waals surface area contributed by atoms with E-state index in [2.05, 4.69) is 48.5 Å². The summed E-state index contributed by atoms with van der Waals surface area (Å²) >= 11 is 0. The lowest BCUT2D eigenvalue weighted by Gasteiger charge is -2.38. The lowest BCUT2D eigenvalue weighted by atomic mass is 9.83. The van der Waals surface area contributed by atoms with Crippen molar-refractivity contribution >= 4 is 5.97 Å². The molecule has 3 nitrogen and oxygen atoms in total. The van der Waals surface area contributed by atoms with Crippen LogP contribution in [0, 0.1) is 38.5 Å². The molecule has 1 aromatic rings. The summed E-state index contributed by atoms with van der Waals surface area (Å²) < 4.78 is 12.2. The van der Waals surface area contributed by atoms with E-state index < -0.39 is 0 Å². The van der Waals surface area contributed by atoms with Gasteiger partial charge in [-0.3, -0.25) is 4.79 Å². The van der Waals surface area contributed by atoms with E-state index in [1.165, 1.54) is 63.9 Å². The summed E-state index contributed by atoms with van der Waals surface area (Å²) in [4.78, 5) is 11.6. The molecule has 0 aromatic heterocycles. The molecule has 2 rings (SSSR count). The minimum absolute atomic E-state index is 0.107. The molecule has 1 aliphatic rings. The number of carbonyl (C=O) groups excluding carboxylic acids is 1. The normalized spacial score (nSPS) is 18.6. The van der Waals surface area contributed by atoms with Gasteiger partial charge in [-0.1, -0.05) is 86.5 Å². The molecule has 36 heavy (non-hydrogen) atoms. The molecule has 3 atom stereocenters. The van der Waals surface area contributed by atoms with Crippen molar-refractivity contribution in [3.63, 3.8) is 0 Å². The summed E-state index contributed by atoms with van der Waals surface area (Å²) in [6.45, 7) is 23.5. The number of esters is 1. The first-order valence-corrected chi connectivity index (χ1v) is 14.9. The van der Waals surface area contributed by atoms with Gasteiger partial charge in [0.2, 0.25) is 0 Å². The second kappa shape index (κ2) is 15.7. The van der Waals surface area contributed by atoms with Crippen LogP contribution in [-0.4, -0.2) is 11.6 Å². The van der Waals surface area contributed by atoms with Crippen LogP contribution in [0.3, 0.4) is 0 Å². The molecule has 0 bridgehead atoms. The molecule has 0 saturated carbocycles. The van der Waals surface area contributed by atoms with Gasteiger partial charge < -0.3 is 9.47 Å². The van der Waals surface area contributed by atoms with Gasteiger partial charge in [0.1, 0.15) is 17.1 Å². The van der Waals surface area contributed by atoms with Crippen molar-refractivity contribution in [3.05, 3.63) is 22.3 Å². The quantitative estimate of drug-likeness (QED) is 0.199. The van der Waals surface area contributed by atoms with E-state index in [1.807, 2.05) is 20.8 Å². The predicted molar refractivity (Wildman–Crippen MR) is 155 cm³/mol. The summed E-state index contributed by atoms with van der Waals surface area (Å²) in [5, 5.41) is 0. The topological polar surface area (TPSA) is 35.5 Å². The highest BCUT2D eigenvalue weighted by Gasteiger charge is 2.34. The van der Waals surface area contributed by atoms with Crippen LogP contribution in [0.2, 0.25) is 0 Å². The Morgan fingerprint density at radius 1 is 0.861 bits per heavy atom. The minimum Gasteiger partial charge on any atom is -0.487 e. The van der Waals surface area contributed by atoms with Gasteiger partial charge in [-0.15, -0.1) is 0 Å². The van der Waals surface area contributed by atoms with Crippen LogP contribution >= 0.6 is 0 Å². The van der Waals surface area contributed by atoms with Crippen molar-refractivity contribution in [1.29, 1.82) is 0 Å². The van der Waals surface area contributed by atoms with Crippen LogP contribution in [0.5, 0.6) is 11.5 Å². The second-order valence-corrected chi connectivity index (χ2v) is 12.0. The summed E-state index contributed by atoms with van der Waals surface area (Å²) in [5.74, 6) is 3.99. The monoisotopic (exact) mass is 502 g/mol. The van der Waals surface area contributed by atoms with E-state index in [0.29, 0.717) is 0 Å². The van der Waals surface area contributed by atoms with E-state index in [1.54, 1.807) is 0 Å². The lowest BCUT2D eigenvalue weighted by Crippen LogP contribution is -2.37. The van der Waals surface area contributed by atoms with Crippen molar-refractivity contribution in [2.24, 2.45) is 17.8 Å². The molecule has 0 radical (unpaired) electrons. The summed E-state index contributed by atoms with van der Waals surface area (Å²) in [6.07, 6.45) is 13.9. The summed E-state index contributed by atoms with van der Waals surface area (Å²) in [7, 11) is 0. The number of carbonyl (C=O) groups is 1. The Morgan fingerprint density at radius 2 is 1.39 bits per heavy atom. The van der Waals surface area contributed by atoms with Gasteiger partial charge in [-0.25, -0.2) is 0 Å². The number of hydrogen-bond acceptors (Lipinski definition) is 3. The van der Waals surface area contributed by atoms with Crippen molar-refractivity contribution in [2.75, 3.05) is 0 Å². The average molecular weight is 503 g/mol. The summed E-state index contributed by atoms with van der Waals surface area (Å²) in [6, 6.07) is 0. The van der Waals surface area contributed by atoms with Gasteiger partial charge >= 0.3 is 5.97 Å². The van der Waals surface area contributed by atoms with E-state index in [-0.39, 0.29) is 11.6 Å². The first-order valence-electron chi connectivity index (χ1n) is 14.9. The molecule has 3 heteroatoms. The predicted octanol–water partition coefficient (Wildman–Crippen LogP) is 10.1. The third-order valence-corrected chi connectivity index (χ3v) is 8.08. The van der Waals surface area contributed by atoms with E-state index in [9.17, 15) is 4.79 Å². The lowest BCUT2D eigenvalue weighted by molar-refractivity contribution is -0.132. The Hall–Kier alpha value is -1.51. The summed E-state index contributed by atoms with van der Waals surface area (Å²) in [5.41, 5.74) is 4.29. The first-order chi connectivity index (χ1) is 16.9. The number of fused-ring (bicyclic) bond motifs is 1. The maximum absolute atomic E-state index is 11.6. The third kappa shape index (κ3) is 10.1. The van der Waals surface area contributed by atoms with Crippen molar-refractivity contribution in [3.8, 4) is 11.5 Å². The standard InChI is InChI=1S/C31H52O3.C2H6/c1-21(2)13-10-14-22(3)15-11-16-23(4)17-12-19-31(9)20-18-28-26(7)29(33-27(8)32)24(5)25(6)30(28)34-31;1-2/h21-23H,10-20H2,1-9H3;1-2H3. The second-order valence-electron chi connectivity index (χ2n) is 12.0. The first kappa shape index (κ1) is 32.5. The van der Waals surface area contributed by atoms with Crippen LogP contribution in [0.4, 0.5) is 0 Å². The Morgan fingerprint density at radius 3 is 1.92 bits per heavy atom. The fourth-order valence-corrected chi connectivity index (χ4v) is 5.56. The number of benzene rings is 1. The van der Waals surface area contributed by atoms with E-state index in [4.69, 9.17) is 9.47 Å². The Kier molecular flexibility index (Phi) is 14.2. The van der Waals surface area contributed by atoms with E-state index in [0.717, 1.165) is 65.2 Å². The molecule has 0 N–H and O–H groups in total. The largest absolute Gasteiger partial charge is 0.487 e. The molecule has 0 spiro atoms. The van der Waals surface area contributed by atoms with Gasteiger partial charge in [0.25, 0.3) is 0 Å². The smallest absolute Gasteiger partial charge is 0.308 e. The van der Waals surface area contributed by atoms with Crippen molar-refractivity contribution in [1.82, 2.24) is 0 Å². The average Bonchev–Trinajstić information content (AvgIpc) is 2.81. The Bertz CT molecular complexity index is 810. The Balaban J connectivity index is 0.00000316. The molecule has 1 aliphatic heterocycles. The maximum Gasteiger partial charge on any atom is 0.308 e. The van der Waals surface area contributed by atoms with E-state index >= 15 is 0 Å². The van der Waals surface area contributed by atoms with Crippen LogP contribution in [0.25, 0.3) is 0 Å². The number of hydrogen-bond donors (Lipinski definition) is 0. The number of ether oxygens (including phenoxy) is 2. The Labute approximate surface area is 224 Å². The highest BCUT2D eigenvalue weighted by atomic mass is 16.5. The van der Waals surface area contributed by atoms with Crippen LogP contribution < -0.4 is 9.47 Å². The SMILES string of the molecule is CC.CC(=O)Oc1c(C)c(C)c2c(c1C)CCC(C)(CCCC(C)CCCC(C)CCCC(C)C)O2. The van der Waals surface area contributed by atoms with Crippen molar-refractivity contribution < 1.29 is 14.3 Å². The molecule has 0 saturated heterocycles. The molecule has 0 aliphatic carbocycles. The molecule has 0 fully saturated rings. The van der Waals surface area contributed by atoms with Gasteiger partial charge in [-0.05, 0) is 87.8 Å². The minimum atomic E-state index is -0.262. The van der Waals surface area contributed by atoms with Crippen LogP contribution in [0.1, 0.15) is 142 Å². The zero-order valence-electron chi connectivity index (χ0n) is 25.7. The highest BCUT2D eigenvalue weighted by Crippen LogP contribution is 2.45. The van der Waals surface area contributed by atoms with Gasteiger partial charge in [0.05, 0.1) is 0 Å². The fraction of sp³-hybridized carbons (Fsp3) is 0.788. The van der Waals surface area contributed by atoms with Gasteiger partial charge in [0.15, 0.2) is 0 Å². The van der Waals surface area contributed by atoms with Gasteiger partial charge in [-0.2, -0.15) is 0 Å². The maximum atomic E-state index is 11.6. The molecular weight excluding hydrogens is 444 g/mol. The zero-order chi connectivity index (χ0) is 27.5. The van der Waals surface area contributed by atoms with Crippen molar-refractivity contribution in [2.45, 2.75) is 152 Å². The van der Waals surface area contributed by atoms with Crippen LogP contribution in [0.15, 0.2) is 0 Å². The zero-order valence-corrected chi connectivity index (χ0v) is 25.7. The molecule has 1 heterocycles. The third-order valence-electron chi connectivity index (χ3n) is 8.08. The van der Waals surface area contributed by atoms with Crippen LogP contribution in [-0.2, 0) is 11.2 Å².